The summed E-state index contributed by atoms with van der Waals surface area (Å²) >= 11 is 0. The van der Waals surface area contributed by atoms with Crippen molar-refractivity contribution in [1.82, 2.24) is 4.90 Å². The molecule has 0 aromatic rings. The molecule has 1 saturated carbocycles. The number of cyclic esters (lactones) is 1. The highest BCUT2D eigenvalue weighted by Gasteiger charge is 2.41. The van der Waals surface area contributed by atoms with Crippen LogP contribution in [0.25, 0.3) is 0 Å². The second-order valence-electron chi connectivity index (χ2n) is 4.18. The summed E-state index contributed by atoms with van der Waals surface area (Å²) in [7, 11) is 0. The van der Waals surface area contributed by atoms with Gasteiger partial charge in [0.15, 0.2) is 0 Å². The third kappa shape index (κ3) is 2.52. The minimum atomic E-state index is -0.255. The summed E-state index contributed by atoms with van der Waals surface area (Å²) in [5.41, 5.74) is 0. The van der Waals surface area contributed by atoms with Gasteiger partial charge in [-0.2, -0.15) is 0 Å². The van der Waals surface area contributed by atoms with Crippen LogP contribution in [0.4, 0.5) is 0 Å². The molecule has 1 unspecified atom stereocenters. The van der Waals surface area contributed by atoms with E-state index in [0.29, 0.717) is 25.7 Å². The van der Waals surface area contributed by atoms with Crippen molar-refractivity contribution >= 4 is 11.9 Å². The van der Waals surface area contributed by atoms with E-state index in [2.05, 4.69) is 0 Å². The third-order valence-electron chi connectivity index (χ3n) is 2.94. The molecular weight excluding hydrogens is 210 g/mol. The van der Waals surface area contributed by atoms with Crippen LogP contribution in [0, 0.1) is 0 Å². The van der Waals surface area contributed by atoms with Crippen molar-refractivity contribution in [3.63, 3.8) is 0 Å². The van der Waals surface area contributed by atoms with Crippen molar-refractivity contribution in [2.75, 3.05) is 19.8 Å². The van der Waals surface area contributed by atoms with Crippen LogP contribution in [0.15, 0.2) is 0 Å². The van der Waals surface area contributed by atoms with Crippen LogP contribution >= 0.6 is 0 Å². The van der Waals surface area contributed by atoms with Crippen LogP contribution in [-0.4, -0.2) is 48.7 Å². The molecule has 0 aromatic carbocycles. The maximum Gasteiger partial charge on any atom is 0.323 e. The number of ether oxygens (including phenoxy) is 2. The molecule has 2 rings (SSSR count). The zero-order valence-electron chi connectivity index (χ0n) is 9.48. The molecule has 0 N–H and O–H groups in total. The number of hydrogen-bond acceptors (Lipinski definition) is 5. The Balaban J connectivity index is 1.94. The number of hydrogen-bond donors (Lipinski definition) is 0. The molecule has 0 amide bonds. The molecule has 1 aliphatic carbocycles. The molecule has 90 valence electrons. The second kappa shape index (κ2) is 4.82. The predicted octanol–water partition coefficient (Wildman–Crippen LogP) is 0.329. The van der Waals surface area contributed by atoms with Gasteiger partial charge in [0.2, 0.25) is 0 Å². The zero-order chi connectivity index (χ0) is 11.5. The molecule has 1 saturated heterocycles. The van der Waals surface area contributed by atoms with Gasteiger partial charge in [-0.25, -0.2) is 0 Å². The number of esters is 2. The van der Waals surface area contributed by atoms with Gasteiger partial charge in [0.1, 0.15) is 6.04 Å². The first-order valence-corrected chi connectivity index (χ1v) is 5.80. The molecule has 16 heavy (non-hydrogen) atoms. The highest BCUT2D eigenvalue weighted by molar-refractivity contribution is 5.79. The van der Waals surface area contributed by atoms with E-state index < -0.39 is 0 Å². The Hall–Kier alpha value is -1.10. The molecule has 5 heteroatoms. The van der Waals surface area contributed by atoms with Gasteiger partial charge in [-0.1, -0.05) is 0 Å². The van der Waals surface area contributed by atoms with Gasteiger partial charge in [0.05, 0.1) is 19.8 Å². The smallest absolute Gasteiger partial charge is 0.323 e. The fourth-order valence-electron chi connectivity index (χ4n) is 2.04. The average molecular weight is 227 g/mol. The molecule has 1 atom stereocenters. The van der Waals surface area contributed by atoms with Crippen molar-refractivity contribution < 1.29 is 19.1 Å². The minimum absolute atomic E-state index is 0.198. The Morgan fingerprint density at radius 3 is 2.75 bits per heavy atom. The molecule has 0 spiro atoms. The number of carbonyl (C=O) groups is 2. The molecule has 0 aromatic heterocycles. The SMILES string of the molecule is CCOC(=O)CN(C1CC1)C1CCOC1=O. The normalized spacial score (nSPS) is 24.6. The lowest BCUT2D eigenvalue weighted by Gasteiger charge is -2.24. The quantitative estimate of drug-likeness (QED) is 0.633. The Bertz CT molecular complexity index is 288. The molecule has 0 radical (unpaired) electrons. The molecule has 5 nitrogen and oxygen atoms in total. The number of rotatable bonds is 5. The first kappa shape index (κ1) is 11.4. The standard InChI is InChI=1S/C11H17NO4/c1-2-15-10(13)7-12(8-3-4-8)9-5-6-16-11(9)14/h8-9H,2-7H2,1H3. The molecule has 2 aliphatic rings. The summed E-state index contributed by atoms with van der Waals surface area (Å²) in [6, 6.07) is 0.122. The molecule has 0 bridgehead atoms. The van der Waals surface area contributed by atoms with E-state index in [9.17, 15) is 9.59 Å². The van der Waals surface area contributed by atoms with E-state index in [-0.39, 0.29) is 24.5 Å². The zero-order valence-corrected chi connectivity index (χ0v) is 9.48. The summed E-state index contributed by atoms with van der Waals surface area (Å²) in [4.78, 5) is 24.8. The van der Waals surface area contributed by atoms with Crippen molar-refractivity contribution in [3.8, 4) is 0 Å². The van der Waals surface area contributed by atoms with Gasteiger partial charge in [-0.15, -0.1) is 0 Å². The third-order valence-corrected chi connectivity index (χ3v) is 2.94. The number of nitrogens with zero attached hydrogens (tertiary/aromatic N) is 1. The van der Waals surface area contributed by atoms with Gasteiger partial charge in [-0.05, 0) is 19.8 Å². The van der Waals surface area contributed by atoms with Gasteiger partial charge in [0.25, 0.3) is 0 Å². The van der Waals surface area contributed by atoms with E-state index in [1.165, 1.54) is 0 Å². The Morgan fingerprint density at radius 1 is 1.50 bits per heavy atom. The van der Waals surface area contributed by atoms with Gasteiger partial charge in [0, 0.05) is 12.5 Å². The lowest BCUT2D eigenvalue weighted by Crippen LogP contribution is -2.43. The Morgan fingerprint density at radius 2 is 2.25 bits per heavy atom. The maximum absolute atomic E-state index is 11.5. The van der Waals surface area contributed by atoms with E-state index in [1.54, 1.807) is 6.92 Å². The molecule has 2 fully saturated rings. The highest BCUT2D eigenvalue weighted by Crippen LogP contribution is 2.31. The molecule has 1 aliphatic heterocycles. The van der Waals surface area contributed by atoms with Crippen LogP contribution in [0.1, 0.15) is 26.2 Å². The topological polar surface area (TPSA) is 55.8 Å². The first-order chi connectivity index (χ1) is 7.72. The van der Waals surface area contributed by atoms with Crippen LogP contribution < -0.4 is 0 Å². The van der Waals surface area contributed by atoms with Crippen molar-refractivity contribution in [1.29, 1.82) is 0 Å². The Kier molecular flexibility index (Phi) is 3.43. The predicted molar refractivity (Wildman–Crippen MR) is 55.7 cm³/mol. The molecular formula is C11H17NO4. The minimum Gasteiger partial charge on any atom is -0.465 e. The van der Waals surface area contributed by atoms with Crippen molar-refractivity contribution in [3.05, 3.63) is 0 Å². The van der Waals surface area contributed by atoms with E-state index in [0.717, 1.165) is 12.8 Å². The van der Waals surface area contributed by atoms with Crippen LogP contribution in [0.2, 0.25) is 0 Å². The van der Waals surface area contributed by atoms with Crippen molar-refractivity contribution in [2.45, 2.75) is 38.3 Å². The average Bonchev–Trinajstić information content (AvgIpc) is 2.99. The maximum atomic E-state index is 11.5. The number of carbonyl (C=O) groups excluding carboxylic acids is 2. The summed E-state index contributed by atoms with van der Waals surface area (Å²) in [5.74, 6) is -0.453. The van der Waals surface area contributed by atoms with Crippen LogP contribution in [0.3, 0.4) is 0 Å². The summed E-state index contributed by atoms with van der Waals surface area (Å²) < 4.78 is 9.85. The van der Waals surface area contributed by atoms with Gasteiger partial charge < -0.3 is 9.47 Å². The van der Waals surface area contributed by atoms with Crippen LogP contribution in [0.5, 0.6) is 0 Å². The lowest BCUT2D eigenvalue weighted by atomic mass is 10.2. The summed E-state index contributed by atoms with van der Waals surface area (Å²) in [6.45, 7) is 2.84. The lowest BCUT2D eigenvalue weighted by molar-refractivity contribution is -0.148. The van der Waals surface area contributed by atoms with E-state index in [4.69, 9.17) is 9.47 Å². The molecule has 1 heterocycles. The fraction of sp³-hybridized carbons (Fsp3) is 0.818. The largest absolute Gasteiger partial charge is 0.465 e. The highest BCUT2D eigenvalue weighted by atomic mass is 16.5. The summed E-state index contributed by atoms with van der Waals surface area (Å²) in [6.07, 6.45) is 2.81. The summed E-state index contributed by atoms with van der Waals surface area (Å²) in [5, 5.41) is 0. The first-order valence-electron chi connectivity index (χ1n) is 5.80. The van der Waals surface area contributed by atoms with Crippen LogP contribution in [-0.2, 0) is 19.1 Å². The van der Waals surface area contributed by atoms with E-state index >= 15 is 0 Å². The second-order valence-corrected chi connectivity index (χ2v) is 4.18. The monoisotopic (exact) mass is 227 g/mol. The fourth-order valence-corrected chi connectivity index (χ4v) is 2.04. The van der Waals surface area contributed by atoms with E-state index in [1.807, 2.05) is 4.90 Å². The van der Waals surface area contributed by atoms with Crippen molar-refractivity contribution in [2.24, 2.45) is 0 Å². The van der Waals surface area contributed by atoms with Gasteiger partial charge in [-0.3, -0.25) is 14.5 Å². The van der Waals surface area contributed by atoms with Gasteiger partial charge >= 0.3 is 11.9 Å². The Labute approximate surface area is 94.7 Å².